The third-order valence-corrected chi connectivity index (χ3v) is 3.80. The summed E-state index contributed by atoms with van der Waals surface area (Å²) in [6, 6.07) is 6.12. The van der Waals surface area contributed by atoms with E-state index in [9.17, 15) is 0 Å². The molecule has 18 heavy (non-hydrogen) atoms. The average Bonchev–Trinajstić information content (AvgIpc) is 3.03. The zero-order valence-electron chi connectivity index (χ0n) is 10.6. The second-order valence-electron chi connectivity index (χ2n) is 4.85. The molecule has 96 valence electrons. The van der Waals surface area contributed by atoms with Crippen LogP contribution >= 0.6 is 0 Å². The number of para-hydroxylation sites is 1. The van der Waals surface area contributed by atoms with Crippen LogP contribution in [0.25, 0.3) is 11.0 Å². The molecule has 2 heterocycles. The number of ether oxygens (including phenoxy) is 1. The molecule has 1 aromatic carbocycles. The molecule has 4 nitrogen and oxygen atoms in total. The van der Waals surface area contributed by atoms with Gasteiger partial charge in [-0.05, 0) is 24.5 Å². The molecule has 1 aromatic heterocycles. The second-order valence-corrected chi connectivity index (χ2v) is 4.85. The quantitative estimate of drug-likeness (QED) is 0.872. The number of rotatable bonds is 3. The molecule has 0 spiro atoms. The van der Waals surface area contributed by atoms with Crippen LogP contribution in [0.3, 0.4) is 0 Å². The van der Waals surface area contributed by atoms with Crippen LogP contribution in [0, 0.1) is 0 Å². The molecule has 0 aliphatic carbocycles. The van der Waals surface area contributed by atoms with Gasteiger partial charge in [0, 0.05) is 19.1 Å². The lowest BCUT2D eigenvalue weighted by molar-refractivity contribution is 0.0996. The third-order valence-electron chi connectivity index (χ3n) is 3.80. The van der Waals surface area contributed by atoms with E-state index in [0.29, 0.717) is 18.6 Å². The van der Waals surface area contributed by atoms with Crippen LogP contribution in [0.2, 0.25) is 0 Å². The maximum atomic E-state index is 5.75. The number of aromatic nitrogens is 2. The Balaban J connectivity index is 2.03. The first-order valence-corrected chi connectivity index (χ1v) is 6.62. The maximum Gasteiger partial charge on any atom is 0.113 e. The standard InChI is InChI=1S/C14H19N3O/c1-2-12-10(6-7-18-12)14-16-11-5-3-4-9(8-15)13(11)17-14/h3-5,10,12H,2,6-8,15H2,1H3,(H,16,17). The minimum atomic E-state index is 0.298. The number of nitrogens with one attached hydrogen (secondary N) is 1. The average molecular weight is 245 g/mol. The van der Waals surface area contributed by atoms with Crippen molar-refractivity contribution in [2.45, 2.75) is 38.3 Å². The number of nitrogens with zero attached hydrogens (tertiary/aromatic N) is 1. The van der Waals surface area contributed by atoms with Gasteiger partial charge in [-0.2, -0.15) is 0 Å². The fourth-order valence-corrected chi connectivity index (χ4v) is 2.81. The van der Waals surface area contributed by atoms with Gasteiger partial charge in [-0.15, -0.1) is 0 Å². The SMILES string of the molecule is CCC1OCCC1c1nc2c(CN)cccc2[nH]1. The van der Waals surface area contributed by atoms with Crippen molar-refractivity contribution in [2.75, 3.05) is 6.61 Å². The normalized spacial score (nSPS) is 23.9. The van der Waals surface area contributed by atoms with Crippen molar-refractivity contribution < 1.29 is 4.74 Å². The van der Waals surface area contributed by atoms with Crippen molar-refractivity contribution in [2.24, 2.45) is 5.73 Å². The molecular weight excluding hydrogens is 226 g/mol. The van der Waals surface area contributed by atoms with Gasteiger partial charge in [0.15, 0.2) is 0 Å². The number of imidazole rings is 1. The summed E-state index contributed by atoms with van der Waals surface area (Å²) >= 11 is 0. The zero-order valence-corrected chi connectivity index (χ0v) is 10.6. The van der Waals surface area contributed by atoms with E-state index < -0.39 is 0 Å². The van der Waals surface area contributed by atoms with Gasteiger partial charge in [0.05, 0.1) is 17.1 Å². The summed E-state index contributed by atoms with van der Waals surface area (Å²) in [6.45, 7) is 3.53. The van der Waals surface area contributed by atoms with Crippen molar-refractivity contribution in [1.82, 2.24) is 9.97 Å². The first kappa shape index (κ1) is 11.7. The Labute approximate surface area is 107 Å². The van der Waals surface area contributed by atoms with Crippen LogP contribution in [0.4, 0.5) is 0 Å². The van der Waals surface area contributed by atoms with Crippen molar-refractivity contribution in [3.63, 3.8) is 0 Å². The fourth-order valence-electron chi connectivity index (χ4n) is 2.81. The molecule has 0 bridgehead atoms. The van der Waals surface area contributed by atoms with Crippen molar-refractivity contribution >= 4 is 11.0 Å². The number of aromatic amines is 1. The predicted octanol–water partition coefficient (Wildman–Crippen LogP) is 2.30. The Morgan fingerprint density at radius 2 is 2.39 bits per heavy atom. The van der Waals surface area contributed by atoms with Gasteiger partial charge in [0.1, 0.15) is 5.82 Å². The van der Waals surface area contributed by atoms with E-state index in [0.717, 1.165) is 41.9 Å². The maximum absolute atomic E-state index is 5.75. The van der Waals surface area contributed by atoms with Gasteiger partial charge in [-0.1, -0.05) is 19.1 Å². The monoisotopic (exact) mass is 245 g/mol. The third kappa shape index (κ3) is 1.82. The Hall–Kier alpha value is -1.39. The largest absolute Gasteiger partial charge is 0.377 e. The summed E-state index contributed by atoms with van der Waals surface area (Å²) in [5.41, 5.74) is 8.94. The first-order chi connectivity index (χ1) is 8.83. The highest BCUT2D eigenvalue weighted by Crippen LogP contribution is 2.32. The number of hydrogen-bond acceptors (Lipinski definition) is 3. The molecule has 0 radical (unpaired) electrons. The van der Waals surface area contributed by atoms with E-state index in [1.807, 2.05) is 12.1 Å². The van der Waals surface area contributed by atoms with Crippen LogP contribution in [0.15, 0.2) is 18.2 Å². The number of benzene rings is 1. The molecule has 1 fully saturated rings. The molecule has 2 aromatic rings. The van der Waals surface area contributed by atoms with Gasteiger partial charge in [-0.25, -0.2) is 4.98 Å². The molecule has 1 saturated heterocycles. The topological polar surface area (TPSA) is 63.9 Å². The van der Waals surface area contributed by atoms with E-state index >= 15 is 0 Å². The molecule has 3 N–H and O–H groups in total. The van der Waals surface area contributed by atoms with Crippen LogP contribution in [-0.4, -0.2) is 22.7 Å². The summed E-state index contributed by atoms with van der Waals surface area (Å²) in [4.78, 5) is 8.18. The minimum Gasteiger partial charge on any atom is -0.377 e. The minimum absolute atomic E-state index is 0.298. The summed E-state index contributed by atoms with van der Waals surface area (Å²) in [5.74, 6) is 1.45. The van der Waals surface area contributed by atoms with Gasteiger partial charge in [0.2, 0.25) is 0 Å². The van der Waals surface area contributed by atoms with Gasteiger partial charge in [-0.3, -0.25) is 0 Å². The van der Waals surface area contributed by atoms with Crippen LogP contribution in [-0.2, 0) is 11.3 Å². The lowest BCUT2D eigenvalue weighted by Crippen LogP contribution is -2.14. The van der Waals surface area contributed by atoms with Crippen molar-refractivity contribution in [3.8, 4) is 0 Å². The molecule has 1 aliphatic heterocycles. The van der Waals surface area contributed by atoms with E-state index in [1.54, 1.807) is 0 Å². The molecule has 2 atom stereocenters. The Morgan fingerprint density at radius 1 is 1.50 bits per heavy atom. The molecule has 3 rings (SSSR count). The number of nitrogens with two attached hydrogens (primary N) is 1. The predicted molar refractivity (Wildman–Crippen MR) is 71.4 cm³/mol. The van der Waals surface area contributed by atoms with Crippen LogP contribution in [0.5, 0.6) is 0 Å². The number of H-pyrrole nitrogens is 1. The lowest BCUT2D eigenvalue weighted by Gasteiger charge is -2.13. The Morgan fingerprint density at radius 3 is 3.17 bits per heavy atom. The molecule has 0 amide bonds. The molecule has 2 unspecified atom stereocenters. The summed E-state index contributed by atoms with van der Waals surface area (Å²) in [5, 5.41) is 0. The van der Waals surface area contributed by atoms with E-state index in [-0.39, 0.29) is 0 Å². The lowest BCUT2D eigenvalue weighted by atomic mass is 9.99. The number of hydrogen-bond donors (Lipinski definition) is 2. The highest BCUT2D eigenvalue weighted by Gasteiger charge is 2.30. The summed E-state index contributed by atoms with van der Waals surface area (Å²) in [7, 11) is 0. The molecular formula is C14H19N3O. The molecule has 4 heteroatoms. The van der Waals surface area contributed by atoms with E-state index in [2.05, 4.69) is 18.0 Å². The van der Waals surface area contributed by atoms with Gasteiger partial charge < -0.3 is 15.5 Å². The first-order valence-electron chi connectivity index (χ1n) is 6.62. The highest BCUT2D eigenvalue weighted by molar-refractivity contribution is 5.78. The smallest absolute Gasteiger partial charge is 0.113 e. The molecule has 0 saturated carbocycles. The zero-order chi connectivity index (χ0) is 12.5. The van der Waals surface area contributed by atoms with Gasteiger partial charge in [0.25, 0.3) is 0 Å². The highest BCUT2D eigenvalue weighted by atomic mass is 16.5. The molecule has 1 aliphatic rings. The van der Waals surface area contributed by atoms with Crippen molar-refractivity contribution in [3.05, 3.63) is 29.6 Å². The Kier molecular flexibility index (Phi) is 3.06. The number of fused-ring (bicyclic) bond motifs is 1. The summed E-state index contributed by atoms with van der Waals surface area (Å²) in [6.07, 6.45) is 2.38. The Bertz CT molecular complexity index is 549. The van der Waals surface area contributed by atoms with E-state index in [4.69, 9.17) is 15.5 Å². The second kappa shape index (κ2) is 4.71. The van der Waals surface area contributed by atoms with Crippen LogP contribution < -0.4 is 5.73 Å². The van der Waals surface area contributed by atoms with E-state index in [1.165, 1.54) is 0 Å². The fraction of sp³-hybridized carbons (Fsp3) is 0.500. The van der Waals surface area contributed by atoms with Crippen molar-refractivity contribution in [1.29, 1.82) is 0 Å². The van der Waals surface area contributed by atoms with Gasteiger partial charge >= 0.3 is 0 Å². The van der Waals surface area contributed by atoms with Crippen LogP contribution in [0.1, 0.15) is 37.1 Å². The summed E-state index contributed by atoms with van der Waals surface area (Å²) < 4.78 is 5.74.